The maximum absolute atomic E-state index is 12.2. The van der Waals surface area contributed by atoms with Gasteiger partial charge in [-0.25, -0.2) is 19.4 Å². The first-order valence-corrected chi connectivity index (χ1v) is 9.06. The molecule has 6 amide bonds. The predicted molar refractivity (Wildman–Crippen MR) is 102 cm³/mol. The van der Waals surface area contributed by atoms with E-state index >= 15 is 0 Å². The molecule has 30 heavy (non-hydrogen) atoms. The van der Waals surface area contributed by atoms with Gasteiger partial charge in [0.25, 0.3) is 11.8 Å². The van der Waals surface area contributed by atoms with E-state index in [9.17, 15) is 28.8 Å². The number of nitrogens with zero attached hydrogens (tertiary/aromatic N) is 2. The molecule has 0 aromatic heterocycles. The molecule has 2 unspecified atom stereocenters. The molecule has 1 aliphatic heterocycles. The lowest BCUT2D eigenvalue weighted by Gasteiger charge is -2.30. The Labute approximate surface area is 172 Å². The average Bonchev–Trinajstić information content (AvgIpc) is 2.69. The van der Waals surface area contributed by atoms with Crippen LogP contribution < -0.4 is 10.6 Å². The molecule has 1 fully saturated rings. The van der Waals surface area contributed by atoms with E-state index in [2.05, 4.69) is 23.8 Å². The van der Waals surface area contributed by atoms with Gasteiger partial charge in [-0.15, -0.1) is 0 Å². The molecule has 0 spiro atoms. The van der Waals surface area contributed by atoms with E-state index in [0.717, 1.165) is 12.2 Å². The second-order valence-corrected chi connectivity index (χ2v) is 6.36. The molecule has 12 nitrogen and oxygen atoms in total. The van der Waals surface area contributed by atoms with Crippen LogP contribution >= 0.6 is 0 Å². The van der Waals surface area contributed by atoms with Crippen LogP contribution in [0.3, 0.4) is 0 Å². The van der Waals surface area contributed by atoms with E-state index in [-0.39, 0.29) is 38.8 Å². The number of nitrogens with one attached hydrogen (secondary N) is 2. The number of piperazine rings is 1. The van der Waals surface area contributed by atoms with E-state index < -0.39 is 47.9 Å². The Balaban J connectivity index is 2.52. The predicted octanol–water partition coefficient (Wildman–Crippen LogP) is -0.0848. The third-order valence-corrected chi connectivity index (χ3v) is 4.36. The summed E-state index contributed by atoms with van der Waals surface area (Å²) >= 11 is 0. The highest BCUT2D eigenvalue weighted by Gasteiger charge is 2.33. The molecule has 0 radical (unpaired) electrons. The maximum atomic E-state index is 12.2. The summed E-state index contributed by atoms with van der Waals surface area (Å²) in [5, 5.41) is 23.0. The Bertz CT molecular complexity index is 688. The van der Waals surface area contributed by atoms with Gasteiger partial charge in [0.2, 0.25) is 11.8 Å². The maximum Gasteiger partial charge on any atom is 0.414 e. The zero-order valence-corrected chi connectivity index (χ0v) is 16.2. The molecule has 0 aromatic carbocycles. The molecule has 12 heteroatoms. The first-order valence-electron chi connectivity index (χ1n) is 9.06. The summed E-state index contributed by atoms with van der Waals surface area (Å²) in [6.07, 6.45) is -0.648. The Morgan fingerprint density at radius 2 is 1.13 bits per heavy atom. The standard InChI is InChI=1S/C18H24N4O8/c1-3-13(23)21(17(27)28)9-5-7-11-15(25)20-12(16(26)19-11)8-6-10-22(18(29)30)14(24)4-2/h3-4,11-12H,1-2,5-10H2,(H,19,26)(H,20,25)(H,27,28)(H,29,30). The van der Waals surface area contributed by atoms with Crippen LogP contribution in [0.25, 0.3) is 0 Å². The van der Waals surface area contributed by atoms with E-state index in [1.54, 1.807) is 0 Å². The SMILES string of the molecule is C=CC(=O)N(CCCC1NC(=O)C(CCCN(C(=O)O)C(=O)C=C)NC1=O)C(=O)O. The molecule has 4 N–H and O–H groups in total. The van der Waals surface area contributed by atoms with Gasteiger partial charge < -0.3 is 20.8 Å². The molecule has 1 heterocycles. The molecule has 0 saturated carbocycles. The van der Waals surface area contributed by atoms with Gasteiger partial charge in [0.15, 0.2) is 0 Å². The van der Waals surface area contributed by atoms with E-state index in [0.29, 0.717) is 9.80 Å². The van der Waals surface area contributed by atoms with Crippen LogP contribution in [0.4, 0.5) is 9.59 Å². The summed E-state index contributed by atoms with van der Waals surface area (Å²) in [6.45, 7) is 6.11. The van der Waals surface area contributed by atoms with Gasteiger partial charge in [-0.3, -0.25) is 19.2 Å². The van der Waals surface area contributed by atoms with Crippen molar-refractivity contribution in [1.29, 1.82) is 0 Å². The fraction of sp³-hybridized carbons (Fsp3) is 0.444. The van der Waals surface area contributed by atoms with Crippen molar-refractivity contribution in [3.63, 3.8) is 0 Å². The molecule has 1 saturated heterocycles. The van der Waals surface area contributed by atoms with Crippen LogP contribution in [0, 0.1) is 0 Å². The summed E-state index contributed by atoms with van der Waals surface area (Å²) < 4.78 is 0. The van der Waals surface area contributed by atoms with Crippen molar-refractivity contribution in [2.45, 2.75) is 37.8 Å². The summed E-state index contributed by atoms with van der Waals surface area (Å²) in [5.74, 6) is -2.53. The lowest BCUT2D eigenvalue weighted by atomic mass is 10.0. The topological polar surface area (TPSA) is 173 Å². The van der Waals surface area contributed by atoms with Crippen molar-refractivity contribution >= 4 is 35.8 Å². The molecule has 0 aliphatic carbocycles. The van der Waals surface area contributed by atoms with E-state index in [4.69, 9.17) is 10.2 Å². The Kier molecular flexibility index (Phi) is 9.20. The minimum absolute atomic E-state index is 0.110. The van der Waals surface area contributed by atoms with Crippen molar-refractivity contribution in [2.75, 3.05) is 13.1 Å². The van der Waals surface area contributed by atoms with E-state index in [1.165, 1.54) is 0 Å². The summed E-state index contributed by atoms with van der Waals surface area (Å²) in [6, 6.07) is -1.78. The third kappa shape index (κ3) is 6.72. The van der Waals surface area contributed by atoms with Gasteiger partial charge in [-0.1, -0.05) is 13.2 Å². The van der Waals surface area contributed by atoms with Crippen molar-refractivity contribution in [3.8, 4) is 0 Å². The van der Waals surface area contributed by atoms with Crippen molar-refractivity contribution < 1.29 is 39.0 Å². The monoisotopic (exact) mass is 424 g/mol. The summed E-state index contributed by atoms with van der Waals surface area (Å²) in [7, 11) is 0. The van der Waals surface area contributed by atoms with Gasteiger partial charge in [-0.05, 0) is 37.8 Å². The Morgan fingerprint density at radius 1 is 0.800 bits per heavy atom. The van der Waals surface area contributed by atoms with Crippen LogP contribution in [0.5, 0.6) is 0 Å². The minimum Gasteiger partial charge on any atom is -0.465 e. The Morgan fingerprint density at radius 3 is 1.40 bits per heavy atom. The molecule has 1 aliphatic rings. The smallest absolute Gasteiger partial charge is 0.414 e. The molecular formula is C18H24N4O8. The molecule has 2 atom stereocenters. The van der Waals surface area contributed by atoms with Crippen LogP contribution in [0.15, 0.2) is 25.3 Å². The lowest BCUT2D eigenvalue weighted by molar-refractivity contribution is -0.137. The first-order chi connectivity index (χ1) is 14.1. The quantitative estimate of drug-likeness (QED) is 0.352. The largest absolute Gasteiger partial charge is 0.465 e. The fourth-order valence-electron chi connectivity index (χ4n) is 2.81. The number of hydrogen-bond donors (Lipinski definition) is 4. The zero-order chi connectivity index (χ0) is 22.8. The van der Waals surface area contributed by atoms with Gasteiger partial charge >= 0.3 is 12.2 Å². The molecular weight excluding hydrogens is 400 g/mol. The number of amides is 6. The average molecular weight is 424 g/mol. The highest BCUT2D eigenvalue weighted by molar-refractivity contribution is 5.98. The molecule has 0 aromatic rings. The lowest BCUT2D eigenvalue weighted by Crippen LogP contribution is -2.61. The number of carboxylic acid groups (broad SMARTS) is 2. The number of carbonyl (C=O) groups is 6. The van der Waals surface area contributed by atoms with Gasteiger partial charge in [-0.2, -0.15) is 0 Å². The molecule has 164 valence electrons. The number of hydrogen-bond acceptors (Lipinski definition) is 6. The highest BCUT2D eigenvalue weighted by atomic mass is 16.4. The van der Waals surface area contributed by atoms with Crippen LogP contribution in [-0.2, 0) is 19.2 Å². The zero-order valence-electron chi connectivity index (χ0n) is 16.2. The number of carbonyl (C=O) groups excluding carboxylic acids is 4. The second kappa shape index (κ2) is 11.3. The summed E-state index contributed by atoms with van der Waals surface area (Å²) in [5.41, 5.74) is 0. The van der Waals surface area contributed by atoms with Crippen molar-refractivity contribution in [3.05, 3.63) is 25.3 Å². The summed E-state index contributed by atoms with van der Waals surface area (Å²) in [4.78, 5) is 70.5. The van der Waals surface area contributed by atoms with Gasteiger partial charge in [0.1, 0.15) is 12.1 Å². The van der Waals surface area contributed by atoms with Gasteiger partial charge in [0, 0.05) is 13.1 Å². The molecule has 1 rings (SSSR count). The third-order valence-electron chi connectivity index (χ3n) is 4.36. The normalized spacial score (nSPS) is 17.9. The van der Waals surface area contributed by atoms with Crippen LogP contribution in [-0.4, -0.2) is 81.0 Å². The van der Waals surface area contributed by atoms with Crippen molar-refractivity contribution in [2.24, 2.45) is 0 Å². The Hall–Kier alpha value is -3.70. The minimum atomic E-state index is -1.44. The van der Waals surface area contributed by atoms with Crippen LogP contribution in [0.2, 0.25) is 0 Å². The number of imide groups is 2. The van der Waals surface area contributed by atoms with Crippen LogP contribution in [0.1, 0.15) is 25.7 Å². The molecule has 0 bridgehead atoms. The first kappa shape index (κ1) is 24.3. The van der Waals surface area contributed by atoms with E-state index in [1.807, 2.05) is 0 Å². The highest BCUT2D eigenvalue weighted by Crippen LogP contribution is 2.10. The fourth-order valence-corrected chi connectivity index (χ4v) is 2.81. The number of rotatable bonds is 10. The second-order valence-electron chi connectivity index (χ2n) is 6.36. The van der Waals surface area contributed by atoms with Gasteiger partial charge in [0.05, 0.1) is 0 Å². The van der Waals surface area contributed by atoms with Crippen molar-refractivity contribution in [1.82, 2.24) is 20.4 Å².